The highest BCUT2D eigenvalue weighted by Gasteiger charge is 2.43. The van der Waals surface area contributed by atoms with Crippen LogP contribution in [0.1, 0.15) is 59.8 Å². The zero-order chi connectivity index (χ0) is 13.3. The molecular weight excluding hydrogens is 212 g/mol. The number of rotatable bonds is 3. The van der Waals surface area contributed by atoms with Crippen LogP contribution in [-0.2, 0) is 4.79 Å². The Hall–Kier alpha value is -0.790. The van der Waals surface area contributed by atoms with Crippen LogP contribution in [0.25, 0.3) is 0 Å². The summed E-state index contributed by atoms with van der Waals surface area (Å²) in [4.78, 5) is 11.5. The first-order valence-corrected chi connectivity index (χ1v) is 6.55. The molecule has 1 N–H and O–H groups in total. The van der Waals surface area contributed by atoms with E-state index in [1.807, 2.05) is 6.92 Å². The van der Waals surface area contributed by atoms with E-state index in [1.54, 1.807) is 0 Å². The van der Waals surface area contributed by atoms with Gasteiger partial charge in [-0.25, -0.2) is 0 Å². The molecule has 0 aromatic rings. The quantitative estimate of drug-likeness (QED) is 0.746. The standard InChI is InChI=1S/C15H26O2/c1-11(2)10-15(13(16)17)8-6-12(7-9-15)14(3,4)5/h12H,1,6-10H2,2-5H3,(H,16,17). The monoisotopic (exact) mass is 238 g/mol. The number of aliphatic carboxylic acids is 1. The van der Waals surface area contributed by atoms with Crippen molar-refractivity contribution < 1.29 is 9.90 Å². The number of carbonyl (C=O) groups is 1. The number of carboxylic acid groups (broad SMARTS) is 1. The second-order valence-electron chi connectivity index (χ2n) is 6.86. The molecule has 0 bridgehead atoms. The number of hydrogen-bond donors (Lipinski definition) is 1. The van der Waals surface area contributed by atoms with Crippen molar-refractivity contribution in [2.24, 2.45) is 16.7 Å². The smallest absolute Gasteiger partial charge is 0.309 e. The molecule has 0 atom stereocenters. The predicted octanol–water partition coefficient (Wildman–Crippen LogP) is 4.26. The van der Waals surface area contributed by atoms with Gasteiger partial charge in [0.1, 0.15) is 0 Å². The Morgan fingerprint density at radius 2 is 1.82 bits per heavy atom. The van der Waals surface area contributed by atoms with Crippen LogP contribution in [0.3, 0.4) is 0 Å². The van der Waals surface area contributed by atoms with Crippen LogP contribution in [0.5, 0.6) is 0 Å². The first-order valence-electron chi connectivity index (χ1n) is 6.55. The predicted molar refractivity (Wildman–Crippen MR) is 70.9 cm³/mol. The average Bonchev–Trinajstić information content (AvgIpc) is 2.15. The minimum atomic E-state index is -0.632. The molecule has 0 saturated heterocycles. The highest BCUT2D eigenvalue weighted by Crippen LogP contribution is 2.48. The first kappa shape index (κ1) is 14.3. The number of carboxylic acids is 1. The largest absolute Gasteiger partial charge is 0.481 e. The van der Waals surface area contributed by atoms with Gasteiger partial charge in [0.15, 0.2) is 0 Å². The fraction of sp³-hybridized carbons (Fsp3) is 0.800. The van der Waals surface area contributed by atoms with E-state index in [0.717, 1.165) is 31.3 Å². The van der Waals surface area contributed by atoms with E-state index in [0.29, 0.717) is 17.8 Å². The maximum atomic E-state index is 11.5. The normalized spacial score (nSPS) is 30.0. The maximum absolute atomic E-state index is 11.5. The van der Waals surface area contributed by atoms with Gasteiger partial charge in [-0.2, -0.15) is 0 Å². The summed E-state index contributed by atoms with van der Waals surface area (Å²) in [5, 5.41) is 9.49. The van der Waals surface area contributed by atoms with Crippen LogP contribution in [0.4, 0.5) is 0 Å². The molecule has 0 amide bonds. The molecule has 0 unspecified atom stereocenters. The third-order valence-corrected chi connectivity index (χ3v) is 4.26. The van der Waals surface area contributed by atoms with Crippen molar-refractivity contribution in [1.29, 1.82) is 0 Å². The van der Waals surface area contributed by atoms with Crippen LogP contribution in [0.15, 0.2) is 12.2 Å². The molecule has 0 aromatic heterocycles. The Bertz CT molecular complexity index is 301. The number of allylic oxidation sites excluding steroid dienone is 1. The topological polar surface area (TPSA) is 37.3 Å². The van der Waals surface area contributed by atoms with Crippen LogP contribution in [0, 0.1) is 16.7 Å². The summed E-state index contributed by atoms with van der Waals surface area (Å²) in [5.74, 6) is 0.0213. The van der Waals surface area contributed by atoms with Gasteiger partial charge >= 0.3 is 5.97 Å². The van der Waals surface area contributed by atoms with E-state index in [9.17, 15) is 9.90 Å². The minimum absolute atomic E-state index is 0.299. The molecule has 0 spiro atoms. The zero-order valence-electron chi connectivity index (χ0n) is 11.7. The molecular formula is C15H26O2. The fourth-order valence-corrected chi connectivity index (χ4v) is 3.08. The Balaban J connectivity index is 2.75. The molecule has 2 heteroatoms. The first-order chi connectivity index (χ1) is 7.67. The van der Waals surface area contributed by atoms with E-state index in [4.69, 9.17) is 0 Å². The SMILES string of the molecule is C=C(C)CC1(C(=O)O)CCC(C(C)(C)C)CC1. The molecule has 98 valence electrons. The lowest BCUT2D eigenvalue weighted by atomic mass is 9.62. The Morgan fingerprint density at radius 3 is 2.12 bits per heavy atom. The molecule has 0 heterocycles. The van der Waals surface area contributed by atoms with Crippen LogP contribution in [-0.4, -0.2) is 11.1 Å². The molecule has 1 fully saturated rings. The Labute approximate surface area is 105 Å². The summed E-state index contributed by atoms with van der Waals surface area (Å²) < 4.78 is 0. The van der Waals surface area contributed by atoms with E-state index in [1.165, 1.54) is 0 Å². The second-order valence-corrected chi connectivity index (χ2v) is 6.86. The molecule has 1 aliphatic rings. The summed E-state index contributed by atoms with van der Waals surface area (Å²) in [6.45, 7) is 12.6. The average molecular weight is 238 g/mol. The Kier molecular flexibility index (Phi) is 4.06. The lowest BCUT2D eigenvalue weighted by molar-refractivity contribution is -0.152. The van der Waals surface area contributed by atoms with E-state index in [-0.39, 0.29) is 0 Å². The minimum Gasteiger partial charge on any atom is -0.481 e. The maximum Gasteiger partial charge on any atom is 0.309 e. The van der Waals surface area contributed by atoms with E-state index >= 15 is 0 Å². The zero-order valence-corrected chi connectivity index (χ0v) is 11.7. The van der Waals surface area contributed by atoms with Gasteiger partial charge in [0, 0.05) is 0 Å². The van der Waals surface area contributed by atoms with Gasteiger partial charge in [0.05, 0.1) is 5.41 Å². The van der Waals surface area contributed by atoms with Crippen molar-refractivity contribution in [2.75, 3.05) is 0 Å². The molecule has 1 rings (SSSR count). The molecule has 2 nitrogen and oxygen atoms in total. The highest BCUT2D eigenvalue weighted by atomic mass is 16.4. The third-order valence-electron chi connectivity index (χ3n) is 4.26. The van der Waals surface area contributed by atoms with Gasteiger partial charge in [-0.1, -0.05) is 26.3 Å². The third kappa shape index (κ3) is 3.34. The second kappa shape index (κ2) is 4.83. The summed E-state index contributed by atoms with van der Waals surface area (Å²) in [5.41, 5.74) is 0.753. The summed E-state index contributed by atoms with van der Waals surface area (Å²) in [6.07, 6.45) is 4.31. The highest BCUT2D eigenvalue weighted by molar-refractivity contribution is 5.75. The van der Waals surface area contributed by atoms with Crippen molar-refractivity contribution >= 4 is 5.97 Å². The summed E-state index contributed by atoms with van der Waals surface area (Å²) >= 11 is 0. The lowest BCUT2D eigenvalue weighted by Crippen LogP contribution is -2.38. The van der Waals surface area contributed by atoms with Gasteiger partial charge in [0.25, 0.3) is 0 Å². The fourth-order valence-electron chi connectivity index (χ4n) is 3.08. The summed E-state index contributed by atoms with van der Waals surface area (Å²) in [7, 11) is 0. The molecule has 17 heavy (non-hydrogen) atoms. The van der Waals surface area contributed by atoms with Gasteiger partial charge in [-0.3, -0.25) is 4.79 Å². The molecule has 0 aliphatic heterocycles. The van der Waals surface area contributed by atoms with E-state index in [2.05, 4.69) is 27.4 Å². The van der Waals surface area contributed by atoms with Crippen LogP contribution >= 0.6 is 0 Å². The number of hydrogen-bond acceptors (Lipinski definition) is 1. The van der Waals surface area contributed by atoms with E-state index < -0.39 is 11.4 Å². The Morgan fingerprint density at radius 1 is 1.35 bits per heavy atom. The molecule has 1 saturated carbocycles. The molecule has 0 radical (unpaired) electrons. The van der Waals surface area contributed by atoms with Crippen molar-refractivity contribution in [1.82, 2.24) is 0 Å². The lowest BCUT2D eigenvalue weighted by Gasteiger charge is -2.42. The summed E-state index contributed by atoms with van der Waals surface area (Å²) in [6, 6.07) is 0. The van der Waals surface area contributed by atoms with Gasteiger partial charge in [0.2, 0.25) is 0 Å². The molecule has 1 aliphatic carbocycles. The van der Waals surface area contributed by atoms with Crippen molar-refractivity contribution in [3.05, 3.63) is 12.2 Å². The van der Waals surface area contributed by atoms with Gasteiger partial charge in [-0.15, -0.1) is 6.58 Å². The van der Waals surface area contributed by atoms with Crippen LogP contribution < -0.4 is 0 Å². The van der Waals surface area contributed by atoms with Crippen LogP contribution in [0.2, 0.25) is 0 Å². The van der Waals surface area contributed by atoms with Crippen molar-refractivity contribution in [3.63, 3.8) is 0 Å². The van der Waals surface area contributed by atoms with Gasteiger partial charge < -0.3 is 5.11 Å². The van der Waals surface area contributed by atoms with Crippen molar-refractivity contribution in [3.8, 4) is 0 Å². The molecule has 0 aromatic carbocycles. The van der Waals surface area contributed by atoms with Crippen molar-refractivity contribution in [2.45, 2.75) is 59.8 Å². The van der Waals surface area contributed by atoms with Gasteiger partial charge in [-0.05, 0) is 50.4 Å².